The van der Waals surface area contributed by atoms with E-state index >= 15 is 0 Å². The van der Waals surface area contributed by atoms with Crippen molar-refractivity contribution >= 4 is 0 Å². The van der Waals surface area contributed by atoms with Gasteiger partial charge < -0.3 is 14.6 Å². The minimum Gasteiger partial charge on any atom is -0.383 e. The van der Waals surface area contributed by atoms with Crippen LogP contribution in [0.4, 0.5) is 0 Å². The van der Waals surface area contributed by atoms with E-state index in [1.54, 1.807) is 7.11 Å². The molecule has 0 bridgehead atoms. The highest BCUT2D eigenvalue weighted by Crippen LogP contribution is 2.13. The van der Waals surface area contributed by atoms with Crippen LogP contribution in [0.15, 0.2) is 12.4 Å². The third-order valence-corrected chi connectivity index (χ3v) is 4.66. The Bertz CT molecular complexity index is 421. The van der Waals surface area contributed by atoms with E-state index in [2.05, 4.69) is 30.9 Å². The molecule has 1 N–H and O–H groups in total. The Hall–Kier alpha value is -0.950. The Morgan fingerprint density at radius 2 is 2.19 bits per heavy atom. The quantitative estimate of drug-likeness (QED) is 0.800. The lowest BCUT2D eigenvalue weighted by atomic mass is 10.2. The molecule has 1 unspecified atom stereocenters. The molecule has 0 spiro atoms. The fourth-order valence-corrected chi connectivity index (χ4v) is 3.32. The van der Waals surface area contributed by atoms with Crippen LogP contribution in [0.2, 0.25) is 0 Å². The molecule has 1 aromatic heterocycles. The predicted octanol–water partition coefficient (Wildman–Crippen LogP) is 0.00900. The maximum atomic E-state index is 5.16. The van der Waals surface area contributed by atoms with Gasteiger partial charge in [-0.05, 0) is 13.0 Å². The second-order valence-corrected chi connectivity index (χ2v) is 5.99. The van der Waals surface area contributed by atoms with Crippen molar-refractivity contribution in [3.63, 3.8) is 0 Å². The fraction of sp³-hybridized carbons (Fsp3) is 0.800. The zero-order chi connectivity index (χ0) is 14.5. The van der Waals surface area contributed by atoms with E-state index in [0.717, 1.165) is 44.7 Å². The average Bonchev–Trinajstić information content (AvgIpc) is 3.18. The lowest BCUT2D eigenvalue weighted by Gasteiger charge is -2.37. The molecule has 2 aliphatic rings. The van der Waals surface area contributed by atoms with Gasteiger partial charge >= 0.3 is 0 Å². The van der Waals surface area contributed by atoms with Gasteiger partial charge in [0.25, 0.3) is 0 Å². The van der Waals surface area contributed by atoms with Crippen LogP contribution >= 0.6 is 0 Å². The van der Waals surface area contributed by atoms with Crippen molar-refractivity contribution in [1.29, 1.82) is 0 Å². The normalized spacial score (nSPS) is 24.7. The lowest BCUT2D eigenvalue weighted by molar-refractivity contribution is 0.0952. The molecule has 0 saturated carbocycles. The summed E-state index contributed by atoms with van der Waals surface area (Å²) in [5.74, 6) is 1.16. The van der Waals surface area contributed by atoms with Gasteiger partial charge in [0.1, 0.15) is 5.82 Å². The topological polar surface area (TPSA) is 45.6 Å². The van der Waals surface area contributed by atoms with Crippen LogP contribution in [0.3, 0.4) is 0 Å². The van der Waals surface area contributed by atoms with E-state index in [1.807, 2.05) is 6.20 Å². The van der Waals surface area contributed by atoms with Gasteiger partial charge in [0.2, 0.25) is 0 Å². The summed E-state index contributed by atoms with van der Waals surface area (Å²) >= 11 is 0. The van der Waals surface area contributed by atoms with Crippen molar-refractivity contribution in [2.45, 2.75) is 25.6 Å². The summed E-state index contributed by atoms with van der Waals surface area (Å²) in [4.78, 5) is 9.67. The van der Waals surface area contributed by atoms with E-state index in [1.165, 1.54) is 32.6 Å². The number of ether oxygens (including phenoxy) is 1. The van der Waals surface area contributed by atoms with E-state index in [9.17, 15) is 0 Å². The van der Waals surface area contributed by atoms with Crippen molar-refractivity contribution in [1.82, 2.24) is 24.7 Å². The highest BCUT2D eigenvalue weighted by atomic mass is 16.5. The summed E-state index contributed by atoms with van der Waals surface area (Å²) in [5.41, 5.74) is 0. The van der Waals surface area contributed by atoms with Crippen molar-refractivity contribution in [2.75, 3.05) is 53.0 Å². The minimum absolute atomic E-state index is 0.742. The summed E-state index contributed by atoms with van der Waals surface area (Å²) in [6, 6.07) is 0.760. The van der Waals surface area contributed by atoms with Gasteiger partial charge in [-0.3, -0.25) is 9.80 Å². The monoisotopic (exact) mass is 293 g/mol. The number of piperazine rings is 1. The van der Waals surface area contributed by atoms with Gasteiger partial charge in [-0.2, -0.15) is 0 Å². The molecule has 2 fully saturated rings. The first-order valence-corrected chi connectivity index (χ1v) is 8.03. The van der Waals surface area contributed by atoms with Gasteiger partial charge in [-0.1, -0.05) is 0 Å². The molecule has 0 radical (unpaired) electrons. The number of hydrogen-bond donors (Lipinski definition) is 1. The fourth-order valence-electron chi connectivity index (χ4n) is 3.32. The molecule has 3 heterocycles. The molecule has 0 aliphatic carbocycles. The maximum Gasteiger partial charge on any atom is 0.122 e. The SMILES string of the molecule is COCCn1ccnc1CN1CCN(C2CCNC2)CC1. The summed E-state index contributed by atoms with van der Waals surface area (Å²) in [6.45, 7) is 9.60. The van der Waals surface area contributed by atoms with Crippen molar-refractivity contribution in [3.8, 4) is 0 Å². The molecule has 21 heavy (non-hydrogen) atoms. The summed E-state index contributed by atoms with van der Waals surface area (Å²) < 4.78 is 7.36. The molecule has 2 aliphatic heterocycles. The Balaban J connectivity index is 1.47. The van der Waals surface area contributed by atoms with Crippen molar-refractivity contribution in [2.24, 2.45) is 0 Å². The largest absolute Gasteiger partial charge is 0.383 e. The number of hydrogen-bond acceptors (Lipinski definition) is 5. The number of nitrogens with one attached hydrogen (secondary N) is 1. The van der Waals surface area contributed by atoms with Gasteiger partial charge in [0, 0.05) is 64.8 Å². The minimum atomic E-state index is 0.742. The smallest absolute Gasteiger partial charge is 0.122 e. The summed E-state index contributed by atoms with van der Waals surface area (Å²) in [7, 11) is 1.74. The van der Waals surface area contributed by atoms with Crippen LogP contribution < -0.4 is 5.32 Å². The van der Waals surface area contributed by atoms with E-state index < -0.39 is 0 Å². The van der Waals surface area contributed by atoms with Gasteiger partial charge in [-0.25, -0.2) is 4.98 Å². The maximum absolute atomic E-state index is 5.16. The molecule has 1 aromatic rings. The van der Waals surface area contributed by atoms with Crippen LogP contribution in [-0.4, -0.2) is 78.4 Å². The lowest BCUT2D eigenvalue weighted by Crippen LogP contribution is -2.50. The molecule has 2 saturated heterocycles. The zero-order valence-electron chi connectivity index (χ0n) is 13.0. The first kappa shape index (κ1) is 15.0. The Morgan fingerprint density at radius 3 is 2.90 bits per heavy atom. The summed E-state index contributed by atoms with van der Waals surface area (Å²) in [5, 5.41) is 3.46. The standard InChI is InChI=1S/C15H27N5O/c1-21-11-10-20-5-4-17-15(20)13-18-6-8-19(9-7-18)14-2-3-16-12-14/h4-5,14,16H,2-3,6-13H2,1H3. The van der Waals surface area contributed by atoms with Crippen LogP contribution in [0.25, 0.3) is 0 Å². The zero-order valence-corrected chi connectivity index (χ0v) is 13.0. The Kier molecular flexibility index (Phi) is 5.24. The molecule has 1 atom stereocenters. The van der Waals surface area contributed by atoms with Crippen LogP contribution in [-0.2, 0) is 17.8 Å². The van der Waals surface area contributed by atoms with Crippen molar-refractivity contribution in [3.05, 3.63) is 18.2 Å². The van der Waals surface area contributed by atoms with Crippen molar-refractivity contribution < 1.29 is 4.74 Å². The molecule has 0 amide bonds. The van der Waals surface area contributed by atoms with E-state index in [-0.39, 0.29) is 0 Å². The third kappa shape index (κ3) is 3.83. The number of imidazole rings is 1. The van der Waals surface area contributed by atoms with Gasteiger partial charge in [0.15, 0.2) is 0 Å². The molecule has 0 aromatic carbocycles. The molecule has 6 heteroatoms. The first-order chi connectivity index (χ1) is 10.4. The highest BCUT2D eigenvalue weighted by molar-refractivity contribution is 4.94. The second-order valence-electron chi connectivity index (χ2n) is 5.99. The van der Waals surface area contributed by atoms with E-state index in [0.29, 0.717) is 0 Å². The van der Waals surface area contributed by atoms with Crippen LogP contribution in [0, 0.1) is 0 Å². The first-order valence-electron chi connectivity index (χ1n) is 8.03. The number of aromatic nitrogens is 2. The second kappa shape index (κ2) is 7.35. The number of rotatable bonds is 6. The van der Waals surface area contributed by atoms with Gasteiger partial charge in [-0.15, -0.1) is 0 Å². The Morgan fingerprint density at radius 1 is 1.33 bits per heavy atom. The number of methoxy groups -OCH3 is 1. The van der Waals surface area contributed by atoms with Crippen LogP contribution in [0.5, 0.6) is 0 Å². The molecular formula is C15H27N5O. The molecule has 3 rings (SSSR count). The Labute approximate surface area is 127 Å². The number of nitrogens with zero attached hydrogens (tertiary/aromatic N) is 4. The third-order valence-electron chi connectivity index (χ3n) is 4.66. The highest BCUT2D eigenvalue weighted by Gasteiger charge is 2.26. The summed E-state index contributed by atoms with van der Waals surface area (Å²) in [6.07, 6.45) is 5.25. The molecule has 6 nitrogen and oxygen atoms in total. The predicted molar refractivity (Wildman–Crippen MR) is 82.2 cm³/mol. The molecule has 118 valence electrons. The average molecular weight is 293 g/mol. The van der Waals surface area contributed by atoms with E-state index in [4.69, 9.17) is 4.74 Å². The molecular weight excluding hydrogens is 266 g/mol. The van der Waals surface area contributed by atoms with Gasteiger partial charge in [0.05, 0.1) is 13.2 Å². The van der Waals surface area contributed by atoms with Crippen LogP contribution in [0.1, 0.15) is 12.2 Å².